The Morgan fingerprint density at radius 2 is 1.77 bits per heavy atom. The summed E-state index contributed by atoms with van der Waals surface area (Å²) in [4.78, 5) is 12.4. The lowest BCUT2D eigenvalue weighted by Gasteiger charge is -2.04. The standard InChI is InChI=1S/C24H22N6O/c1-17-23(18(2)30(29-17)20-13-7-4-8-14-20)21-16-22(27-26-21)24(31)28-25-15-9-12-19-10-5-3-6-11-19/h3-16H,1-2H3,(H,26,27)(H,28,31)/b12-9+,25-15+. The fourth-order valence-electron chi connectivity index (χ4n) is 3.32. The van der Waals surface area contributed by atoms with Crippen LogP contribution in [-0.4, -0.2) is 32.1 Å². The smallest absolute Gasteiger partial charge is 0.272 e. The van der Waals surface area contributed by atoms with Crippen molar-refractivity contribution in [2.45, 2.75) is 13.8 Å². The van der Waals surface area contributed by atoms with Crippen LogP contribution >= 0.6 is 0 Å². The largest absolute Gasteiger partial charge is 0.289 e. The summed E-state index contributed by atoms with van der Waals surface area (Å²) >= 11 is 0. The van der Waals surface area contributed by atoms with Gasteiger partial charge in [0, 0.05) is 11.8 Å². The van der Waals surface area contributed by atoms with Gasteiger partial charge in [0.1, 0.15) is 5.69 Å². The summed E-state index contributed by atoms with van der Waals surface area (Å²) in [6.45, 7) is 3.92. The van der Waals surface area contributed by atoms with Gasteiger partial charge in [-0.3, -0.25) is 9.89 Å². The van der Waals surface area contributed by atoms with Crippen LogP contribution in [0.3, 0.4) is 0 Å². The van der Waals surface area contributed by atoms with Crippen molar-refractivity contribution in [3.63, 3.8) is 0 Å². The number of rotatable bonds is 6. The molecule has 0 saturated heterocycles. The van der Waals surface area contributed by atoms with Crippen molar-refractivity contribution < 1.29 is 4.79 Å². The highest BCUT2D eigenvalue weighted by Crippen LogP contribution is 2.27. The Morgan fingerprint density at radius 1 is 1.06 bits per heavy atom. The molecule has 0 spiro atoms. The second-order valence-corrected chi connectivity index (χ2v) is 6.95. The molecule has 0 atom stereocenters. The first-order valence-corrected chi connectivity index (χ1v) is 9.86. The van der Waals surface area contributed by atoms with Gasteiger partial charge >= 0.3 is 0 Å². The zero-order valence-corrected chi connectivity index (χ0v) is 17.3. The molecule has 0 fully saturated rings. The fraction of sp³-hybridized carbons (Fsp3) is 0.0833. The molecule has 2 heterocycles. The van der Waals surface area contributed by atoms with E-state index in [1.54, 1.807) is 12.1 Å². The Balaban J connectivity index is 1.46. The Hall–Kier alpha value is -4.26. The number of aryl methyl sites for hydroxylation is 1. The van der Waals surface area contributed by atoms with Gasteiger partial charge in [-0.2, -0.15) is 15.3 Å². The van der Waals surface area contributed by atoms with Crippen molar-refractivity contribution >= 4 is 18.2 Å². The summed E-state index contributed by atoms with van der Waals surface area (Å²) in [5.41, 5.74) is 8.20. The van der Waals surface area contributed by atoms with Crippen molar-refractivity contribution in [3.8, 4) is 16.9 Å². The van der Waals surface area contributed by atoms with Crippen molar-refractivity contribution in [1.82, 2.24) is 25.4 Å². The summed E-state index contributed by atoms with van der Waals surface area (Å²) in [6, 6.07) is 21.5. The monoisotopic (exact) mass is 410 g/mol. The highest BCUT2D eigenvalue weighted by molar-refractivity contribution is 5.94. The third-order valence-electron chi connectivity index (χ3n) is 4.79. The minimum atomic E-state index is -0.367. The van der Waals surface area contributed by atoms with Crippen molar-refractivity contribution in [1.29, 1.82) is 0 Å². The molecule has 4 aromatic rings. The third kappa shape index (κ3) is 4.51. The van der Waals surface area contributed by atoms with E-state index < -0.39 is 0 Å². The molecule has 2 N–H and O–H groups in total. The Bertz CT molecular complexity index is 1240. The summed E-state index contributed by atoms with van der Waals surface area (Å²) in [5.74, 6) is -0.367. The van der Waals surface area contributed by atoms with Gasteiger partial charge in [0.25, 0.3) is 5.91 Å². The first-order valence-electron chi connectivity index (χ1n) is 9.86. The van der Waals surface area contributed by atoms with E-state index in [9.17, 15) is 4.79 Å². The molecule has 7 nitrogen and oxygen atoms in total. The van der Waals surface area contributed by atoms with Gasteiger partial charge < -0.3 is 0 Å². The Morgan fingerprint density at radius 3 is 2.52 bits per heavy atom. The minimum absolute atomic E-state index is 0.324. The molecule has 2 aromatic carbocycles. The van der Waals surface area contributed by atoms with Crippen LogP contribution in [0.5, 0.6) is 0 Å². The molecule has 154 valence electrons. The number of carbonyl (C=O) groups excluding carboxylic acids is 1. The predicted octanol–water partition coefficient (Wildman–Crippen LogP) is 4.31. The quantitative estimate of drug-likeness (QED) is 0.367. The van der Waals surface area contributed by atoms with Gasteiger partial charge in [-0.05, 0) is 43.7 Å². The number of hydrazone groups is 1. The Labute approximate surface area is 180 Å². The van der Waals surface area contributed by atoms with Crippen LogP contribution in [0.1, 0.15) is 27.4 Å². The third-order valence-corrected chi connectivity index (χ3v) is 4.79. The number of hydrogen-bond acceptors (Lipinski definition) is 4. The van der Waals surface area contributed by atoms with Crippen LogP contribution < -0.4 is 5.43 Å². The maximum Gasteiger partial charge on any atom is 0.289 e. The van der Waals surface area contributed by atoms with Crippen LogP contribution in [0.4, 0.5) is 0 Å². The number of allylic oxidation sites excluding steroid dienone is 1. The van der Waals surface area contributed by atoms with E-state index in [-0.39, 0.29) is 5.91 Å². The van der Waals surface area contributed by atoms with Gasteiger partial charge in [0.15, 0.2) is 0 Å². The number of aromatic nitrogens is 4. The lowest BCUT2D eigenvalue weighted by Crippen LogP contribution is -2.17. The molecule has 2 aromatic heterocycles. The molecular formula is C24H22N6O. The van der Waals surface area contributed by atoms with Crippen LogP contribution in [0, 0.1) is 13.8 Å². The SMILES string of the molecule is Cc1nn(-c2ccccc2)c(C)c1-c1cc(C(=O)N/N=C/C=C/c2ccccc2)[nH]n1. The van der Waals surface area contributed by atoms with Crippen molar-refractivity contribution in [3.05, 3.63) is 95.5 Å². The van der Waals surface area contributed by atoms with Gasteiger partial charge in [-0.25, -0.2) is 10.1 Å². The molecular weight excluding hydrogens is 388 g/mol. The second-order valence-electron chi connectivity index (χ2n) is 6.95. The highest BCUT2D eigenvalue weighted by atomic mass is 16.2. The number of benzene rings is 2. The Kier molecular flexibility index (Phi) is 5.84. The summed E-state index contributed by atoms with van der Waals surface area (Å²) in [6.07, 6.45) is 5.19. The van der Waals surface area contributed by atoms with E-state index in [0.717, 1.165) is 28.2 Å². The van der Waals surface area contributed by atoms with E-state index in [1.165, 1.54) is 6.21 Å². The van der Waals surface area contributed by atoms with Gasteiger partial charge in [0.2, 0.25) is 0 Å². The van der Waals surface area contributed by atoms with Crippen LogP contribution in [0.15, 0.2) is 77.9 Å². The zero-order valence-electron chi connectivity index (χ0n) is 17.3. The lowest BCUT2D eigenvalue weighted by atomic mass is 10.1. The topological polar surface area (TPSA) is 88.0 Å². The first kappa shape index (κ1) is 20.0. The number of aromatic amines is 1. The number of nitrogens with one attached hydrogen (secondary N) is 2. The number of H-pyrrole nitrogens is 1. The molecule has 0 bridgehead atoms. The lowest BCUT2D eigenvalue weighted by molar-refractivity contribution is 0.0950. The predicted molar refractivity (Wildman–Crippen MR) is 122 cm³/mol. The normalized spacial score (nSPS) is 11.4. The van der Waals surface area contributed by atoms with Gasteiger partial charge in [-0.15, -0.1) is 0 Å². The molecule has 0 unspecified atom stereocenters. The van der Waals surface area contributed by atoms with E-state index in [1.807, 2.05) is 85.3 Å². The fourth-order valence-corrected chi connectivity index (χ4v) is 3.32. The number of hydrogen-bond donors (Lipinski definition) is 2. The average Bonchev–Trinajstić information content (AvgIpc) is 3.39. The van der Waals surface area contributed by atoms with E-state index in [4.69, 9.17) is 0 Å². The maximum absolute atomic E-state index is 12.4. The average molecular weight is 410 g/mol. The van der Waals surface area contributed by atoms with Crippen LogP contribution in [0.25, 0.3) is 23.0 Å². The van der Waals surface area contributed by atoms with Crippen molar-refractivity contribution in [2.75, 3.05) is 0 Å². The zero-order chi connectivity index (χ0) is 21.6. The highest BCUT2D eigenvalue weighted by Gasteiger charge is 2.18. The van der Waals surface area contributed by atoms with Crippen molar-refractivity contribution in [2.24, 2.45) is 5.10 Å². The molecule has 31 heavy (non-hydrogen) atoms. The second kappa shape index (κ2) is 9.04. The molecule has 1 amide bonds. The van der Waals surface area contributed by atoms with Crippen LogP contribution in [0.2, 0.25) is 0 Å². The summed E-state index contributed by atoms with van der Waals surface area (Å²) < 4.78 is 1.88. The maximum atomic E-state index is 12.4. The van der Waals surface area contributed by atoms with Gasteiger partial charge in [0.05, 0.1) is 22.8 Å². The van der Waals surface area contributed by atoms with E-state index in [0.29, 0.717) is 11.4 Å². The number of amides is 1. The van der Waals surface area contributed by atoms with Gasteiger partial charge in [-0.1, -0.05) is 54.6 Å². The molecule has 0 aliphatic carbocycles. The number of nitrogens with zero attached hydrogens (tertiary/aromatic N) is 4. The van der Waals surface area contributed by atoms with E-state index in [2.05, 4.69) is 25.8 Å². The molecule has 0 saturated carbocycles. The molecule has 0 aliphatic rings. The first-order chi connectivity index (χ1) is 15.1. The summed E-state index contributed by atoms with van der Waals surface area (Å²) in [5, 5.41) is 15.7. The summed E-state index contributed by atoms with van der Waals surface area (Å²) in [7, 11) is 0. The molecule has 0 aliphatic heterocycles. The minimum Gasteiger partial charge on any atom is -0.272 e. The number of para-hydroxylation sites is 1. The molecule has 0 radical (unpaired) electrons. The molecule has 7 heteroatoms. The number of carbonyl (C=O) groups is 1. The molecule has 4 rings (SSSR count). The van der Waals surface area contributed by atoms with Crippen LogP contribution in [-0.2, 0) is 0 Å². The van der Waals surface area contributed by atoms with E-state index >= 15 is 0 Å².